The number of hydrogen-bond donors (Lipinski definition) is 2. The van der Waals surface area contributed by atoms with Crippen LogP contribution in [0.15, 0.2) is 24.4 Å². The summed E-state index contributed by atoms with van der Waals surface area (Å²) in [6.45, 7) is 0.924. The van der Waals surface area contributed by atoms with Crippen molar-refractivity contribution in [2.45, 2.75) is 13.5 Å². The minimum Gasteiger partial charge on any atom is -0.505 e. The summed E-state index contributed by atoms with van der Waals surface area (Å²) < 4.78 is 18.5. The zero-order chi connectivity index (χ0) is 16.3. The smallest absolute Gasteiger partial charge is 0.210 e. The van der Waals surface area contributed by atoms with Crippen LogP contribution in [-0.4, -0.2) is 27.6 Å². The van der Waals surface area contributed by atoms with Gasteiger partial charge in [0.05, 0.1) is 5.02 Å². The van der Waals surface area contributed by atoms with E-state index in [0.717, 1.165) is 0 Å². The number of aliphatic hydroxyl groups excluding tert-OH is 1. The van der Waals surface area contributed by atoms with Crippen LogP contribution in [0.3, 0.4) is 0 Å². The maximum atomic E-state index is 13.0. The molecule has 0 amide bonds. The summed E-state index contributed by atoms with van der Waals surface area (Å²) in [5.74, 6) is -1.15. The molecule has 0 fully saturated rings. The van der Waals surface area contributed by atoms with Crippen molar-refractivity contribution in [3.8, 4) is 11.5 Å². The Hall–Kier alpha value is -2.18. The van der Waals surface area contributed by atoms with Crippen molar-refractivity contribution in [2.24, 2.45) is 0 Å². The number of halogens is 2. The minimum absolute atomic E-state index is 0.0564. The topological polar surface area (TPSA) is 79.7 Å². The molecule has 0 aliphatic heterocycles. The molecule has 1 aromatic carbocycles. The van der Waals surface area contributed by atoms with E-state index in [4.69, 9.17) is 21.4 Å². The van der Waals surface area contributed by atoms with Crippen LogP contribution >= 0.6 is 11.6 Å². The number of aromatic nitrogens is 1. The van der Waals surface area contributed by atoms with Crippen LogP contribution in [-0.2, 0) is 6.61 Å². The van der Waals surface area contributed by atoms with Gasteiger partial charge in [-0.05, 0) is 19.1 Å². The summed E-state index contributed by atoms with van der Waals surface area (Å²) in [5.41, 5.74) is 0.779. The Balaban J connectivity index is 2.18. The van der Waals surface area contributed by atoms with Crippen LogP contribution in [0.4, 0.5) is 4.39 Å². The second-order valence-electron chi connectivity index (χ2n) is 4.55. The van der Waals surface area contributed by atoms with Crippen LogP contribution in [0, 0.1) is 12.7 Å². The highest BCUT2D eigenvalue weighted by molar-refractivity contribution is 6.30. The number of benzene rings is 1. The monoisotopic (exact) mass is 325 g/mol. The molecule has 0 aliphatic carbocycles. The Labute approximate surface area is 131 Å². The third kappa shape index (κ3) is 3.35. The molecule has 2 N–H and O–H groups in total. The van der Waals surface area contributed by atoms with Crippen LogP contribution in [0.25, 0.3) is 0 Å². The molecule has 0 spiro atoms. The Kier molecular flexibility index (Phi) is 4.95. The van der Waals surface area contributed by atoms with Gasteiger partial charge in [-0.2, -0.15) is 0 Å². The summed E-state index contributed by atoms with van der Waals surface area (Å²) in [7, 11) is 0. The fourth-order valence-corrected chi connectivity index (χ4v) is 1.95. The van der Waals surface area contributed by atoms with Gasteiger partial charge in [0.1, 0.15) is 30.5 Å². The molecule has 0 bridgehead atoms. The second kappa shape index (κ2) is 6.72. The minimum atomic E-state index is -0.732. The molecule has 0 aliphatic rings. The molecular weight excluding hydrogens is 313 g/mol. The molecular formula is C15H13ClFNO4. The lowest BCUT2D eigenvalue weighted by atomic mass is 10.1. The number of carbonyl (C=O) groups excluding carboxylic acids is 1. The lowest BCUT2D eigenvalue weighted by Crippen LogP contribution is -2.10. The van der Waals surface area contributed by atoms with Gasteiger partial charge in [0.2, 0.25) is 5.78 Å². The highest BCUT2D eigenvalue weighted by Crippen LogP contribution is 2.26. The van der Waals surface area contributed by atoms with Gasteiger partial charge in [0, 0.05) is 23.4 Å². The number of carbonyl (C=O) groups is 1. The van der Waals surface area contributed by atoms with Crippen LogP contribution in [0.5, 0.6) is 11.5 Å². The summed E-state index contributed by atoms with van der Waals surface area (Å²) in [6.07, 6.45) is 1.38. The number of ketones is 1. The lowest BCUT2D eigenvalue weighted by Gasteiger charge is -2.11. The van der Waals surface area contributed by atoms with E-state index in [1.54, 1.807) is 6.92 Å². The number of hydrogen-bond acceptors (Lipinski definition) is 5. The van der Waals surface area contributed by atoms with Crippen molar-refractivity contribution in [3.63, 3.8) is 0 Å². The number of rotatable bonds is 5. The maximum Gasteiger partial charge on any atom is 0.210 e. The van der Waals surface area contributed by atoms with Crippen molar-refractivity contribution in [2.75, 3.05) is 6.61 Å². The molecule has 1 heterocycles. The molecule has 116 valence electrons. The van der Waals surface area contributed by atoms with Crippen LogP contribution < -0.4 is 4.74 Å². The van der Waals surface area contributed by atoms with Crippen LogP contribution in [0.1, 0.15) is 21.6 Å². The van der Waals surface area contributed by atoms with Gasteiger partial charge in [0.25, 0.3) is 0 Å². The Morgan fingerprint density at radius 3 is 2.82 bits per heavy atom. The van der Waals surface area contributed by atoms with Crippen molar-refractivity contribution >= 4 is 17.4 Å². The SMILES string of the molecule is Cc1c(COc2ccc(F)c(Cl)c2)cnc(C(=O)CO)c1O. The van der Waals surface area contributed by atoms with Crippen molar-refractivity contribution in [1.29, 1.82) is 0 Å². The van der Waals surface area contributed by atoms with Crippen LogP contribution in [0.2, 0.25) is 5.02 Å². The van der Waals surface area contributed by atoms with Gasteiger partial charge >= 0.3 is 0 Å². The quantitative estimate of drug-likeness (QED) is 0.826. The van der Waals surface area contributed by atoms with Crippen molar-refractivity contribution in [1.82, 2.24) is 4.98 Å². The first-order chi connectivity index (χ1) is 10.4. The molecule has 7 heteroatoms. The fourth-order valence-electron chi connectivity index (χ4n) is 1.78. The second-order valence-corrected chi connectivity index (χ2v) is 4.96. The van der Waals surface area contributed by atoms with E-state index in [9.17, 15) is 14.3 Å². The molecule has 22 heavy (non-hydrogen) atoms. The van der Waals surface area contributed by atoms with E-state index in [-0.39, 0.29) is 23.1 Å². The fraction of sp³-hybridized carbons (Fsp3) is 0.200. The zero-order valence-electron chi connectivity index (χ0n) is 11.6. The summed E-state index contributed by atoms with van der Waals surface area (Å²) in [5, 5.41) is 18.7. The number of aromatic hydroxyl groups is 1. The van der Waals surface area contributed by atoms with Gasteiger partial charge in [-0.3, -0.25) is 4.79 Å². The van der Waals surface area contributed by atoms with E-state index in [1.165, 1.54) is 24.4 Å². The Morgan fingerprint density at radius 2 is 2.18 bits per heavy atom. The normalized spacial score (nSPS) is 10.5. The van der Waals surface area contributed by atoms with E-state index >= 15 is 0 Å². The van der Waals surface area contributed by atoms with Gasteiger partial charge in [-0.15, -0.1) is 0 Å². The van der Waals surface area contributed by atoms with E-state index < -0.39 is 18.2 Å². The highest BCUT2D eigenvalue weighted by atomic mass is 35.5. The van der Waals surface area contributed by atoms with Gasteiger partial charge in [-0.1, -0.05) is 11.6 Å². The predicted octanol–water partition coefficient (Wildman–Crippen LogP) is 2.64. The number of Topliss-reactive ketones (excluding diaryl/α,β-unsaturated/α-hetero) is 1. The Morgan fingerprint density at radius 1 is 1.45 bits per heavy atom. The third-order valence-corrected chi connectivity index (χ3v) is 3.39. The molecule has 0 saturated heterocycles. The van der Waals surface area contributed by atoms with Gasteiger partial charge in [0.15, 0.2) is 5.69 Å². The maximum absolute atomic E-state index is 13.0. The predicted molar refractivity (Wildman–Crippen MR) is 77.8 cm³/mol. The average molecular weight is 326 g/mol. The van der Waals surface area contributed by atoms with Gasteiger partial charge < -0.3 is 14.9 Å². The first-order valence-corrected chi connectivity index (χ1v) is 6.71. The first kappa shape index (κ1) is 16.2. The lowest BCUT2D eigenvalue weighted by molar-refractivity contribution is 0.0895. The standard InChI is InChI=1S/C15H13ClFNO4/c1-8-9(5-18-14(15(8)21)13(20)6-19)7-22-10-2-3-12(17)11(16)4-10/h2-5,19,21H,6-7H2,1H3. The van der Waals surface area contributed by atoms with Crippen molar-refractivity contribution in [3.05, 3.63) is 52.1 Å². The number of nitrogens with zero attached hydrogens (tertiary/aromatic N) is 1. The molecule has 2 aromatic rings. The molecule has 2 rings (SSSR count). The first-order valence-electron chi connectivity index (χ1n) is 6.33. The molecule has 1 aromatic heterocycles. The van der Waals surface area contributed by atoms with E-state index in [1.807, 2.05) is 0 Å². The molecule has 5 nitrogen and oxygen atoms in total. The van der Waals surface area contributed by atoms with Gasteiger partial charge in [-0.25, -0.2) is 9.37 Å². The largest absolute Gasteiger partial charge is 0.505 e. The number of ether oxygens (including phenoxy) is 1. The summed E-state index contributed by atoms with van der Waals surface area (Å²) >= 11 is 5.66. The van der Waals surface area contributed by atoms with Crippen molar-refractivity contribution < 1.29 is 24.1 Å². The molecule has 0 radical (unpaired) electrons. The third-order valence-electron chi connectivity index (χ3n) is 3.10. The van der Waals surface area contributed by atoms with E-state index in [0.29, 0.717) is 16.9 Å². The number of aliphatic hydroxyl groups is 1. The molecule has 0 unspecified atom stereocenters. The van der Waals surface area contributed by atoms with E-state index in [2.05, 4.69) is 4.98 Å². The average Bonchev–Trinajstić information content (AvgIpc) is 2.51. The zero-order valence-corrected chi connectivity index (χ0v) is 12.4. The summed E-state index contributed by atoms with van der Waals surface area (Å²) in [6, 6.07) is 3.94. The molecule has 0 saturated carbocycles. The summed E-state index contributed by atoms with van der Waals surface area (Å²) in [4.78, 5) is 15.2. The molecule has 0 atom stereocenters. The Bertz CT molecular complexity index is 721. The number of pyridine rings is 1. The highest BCUT2D eigenvalue weighted by Gasteiger charge is 2.16.